The highest BCUT2D eigenvalue weighted by Crippen LogP contribution is 2.35. The van der Waals surface area contributed by atoms with E-state index in [-0.39, 0.29) is 17.9 Å². The molecule has 2 rings (SSSR count). The number of halogens is 3. The van der Waals surface area contributed by atoms with E-state index in [4.69, 9.17) is 10.5 Å². The van der Waals surface area contributed by atoms with E-state index in [9.17, 15) is 13.2 Å². The van der Waals surface area contributed by atoms with Crippen molar-refractivity contribution < 1.29 is 17.9 Å². The molecule has 2 aromatic carbocycles. The van der Waals surface area contributed by atoms with Gasteiger partial charge in [-0.05, 0) is 54.8 Å². The Labute approximate surface area is 121 Å². The van der Waals surface area contributed by atoms with Crippen molar-refractivity contribution in [3.63, 3.8) is 0 Å². The summed E-state index contributed by atoms with van der Waals surface area (Å²) in [6.07, 6.45) is -4.45. The molecule has 0 aliphatic rings. The van der Waals surface area contributed by atoms with Crippen LogP contribution in [-0.4, -0.2) is 0 Å². The smallest absolute Gasteiger partial charge is 0.416 e. The Hall–Kier alpha value is -2.01. The molecule has 0 aliphatic carbocycles. The number of hydrogen-bond donors (Lipinski definition) is 1. The number of rotatable bonds is 3. The van der Waals surface area contributed by atoms with Gasteiger partial charge in [-0.1, -0.05) is 12.1 Å². The van der Waals surface area contributed by atoms with Crippen LogP contribution in [0.1, 0.15) is 22.3 Å². The molecule has 0 heterocycles. The number of ether oxygens (including phenoxy) is 1. The third-order valence-electron chi connectivity index (χ3n) is 3.32. The molecule has 0 saturated carbocycles. The Morgan fingerprint density at radius 3 is 2.14 bits per heavy atom. The molecule has 5 heteroatoms. The minimum Gasteiger partial charge on any atom is -0.457 e. The Kier molecular flexibility index (Phi) is 4.23. The minimum atomic E-state index is -4.45. The molecule has 2 nitrogen and oxygen atoms in total. The first-order valence-corrected chi connectivity index (χ1v) is 6.46. The van der Waals surface area contributed by atoms with Crippen LogP contribution in [0.3, 0.4) is 0 Å². The average Bonchev–Trinajstić information content (AvgIpc) is 2.42. The molecule has 0 bridgehead atoms. The maximum Gasteiger partial charge on any atom is 0.416 e. The highest BCUT2D eigenvalue weighted by molar-refractivity contribution is 5.41. The zero-order valence-electron chi connectivity index (χ0n) is 11.8. The Morgan fingerprint density at radius 2 is 1.57 bits per heavy atom. The van der Waals surface area contributed by atoms with Gasteiger partial charge in [0.15, 0.2) is 0 Å². The number of benzene rings is 2. The number of aryl methyl sites for hydroxylation is 2. The summed E-state index contributed by atoms with van der Waals surface area (Å²) in [5.74, 6) is 0.648. The lowest BCUT2D eigenvalue weighted by Gasteiger charge is -2.14. The molecule has 0 atom stereocenters. The van der Waals surface area contributed by atoms with Gasteiger partial charge in [-0.25, -0.2) is 0 Å². The van der Waals surface area contributed by atoms with Crippen LogP contribution in [0, 0.1) is 13.8 Å². The highest BCUT2D eigenvalue weighted by Gasteiger charge is 2.33. The molecule has 21 heavy (non-hydrogen) atoms. The SMILES string of the molecule is Cc1ccc(Oc2ccc(CN)c(C(F)(F)F)c2)cc1C. The van der Waals surface area contributed by atoms with Gasteiger partial charge in [-0.2, -0.15) is 13.2 Å². The molecule has 0 unspecified atom stereocenters. The molecule has 0 aliphatic heterocycles. The lowest BCUT2D eigenvalue weighted by atomic mass is 10.1. The van der Waals surface area contributed by atoms with Crippen molar-refractivity contribution in [1.29, 1.82) is 0 Å². The van der Waals surface area contributed by atoms with E-state index >= 15 is 0 Å². The summed E-state index contributed by atoms with van der Waals surface area (Å²) in [7, 11) is 0. The molecule has 0 amide bonds. The summed E-state index contributed by atoms with van der Waals surface area (Å²) in [5.41, 5.74) is 6.75. The van der Waals surface area contributed by atoms with E-state index in [0.29, 0.717) is 5.75 Å². The summed E-state index contributed by atoms with van der Waals surface area (Å²) in [6.45, 7) is 3.70. The number of nitrogens with two attached hydrogens (primary N) is 1. The molecule has 0 radical (unpaired) electrons. The van der Waals surface area contributed by atoms with Gasteiger partial charge in [0.1, 0.15) is 11.5 Å². The van der Waals surface area contributed by atoms with Crippen molar-refractivity contribution in [3.05, 3.63) is 58.7 Å². The number of hydrogen-bond acceptors (Lipinski definition) is 2. The Bertz CT molecular complexity index is 650. The Balaban J connectivity index is 2.34. The van der Waals surface area contributed by atoms with Crippen molar-refractivity contribution in [3.8, 4) is 11.5 Å². The molecule has 0 saturated heterocycles. The van der Waals surface area contributed by atoms with Crippen molar-refractivity contribution in [2.75, 3.05) is 0 Å². The zero-order valence-corrected chi connectivity index (χ0v) is 11.8. The van der Waals surface area contributed by atoms with Crippen molar-refractivity contribution >= 4 is 0 Å². The summed E-state index contributed by atoms with van der Waals surface area (Å²) in [6, 6.07) is 9.21. The van der Waals surface area contributed by atoms with E-state index in [2.05, 4.69) is 0 Å². The van der Waals surface area contributed by atoms with Crippen LogP contribution >= 0.6 is 0 Å². The number of alkyl halides is 3. The standard InChI is InChI=1S/C16H16F3NO/c1-10-3-5-13(7-11(10)2)21-14-6-4-12(9-20)15(8-14)16(17,18)19/h3-8H,9,20H2,1-2H3. The van der Waals surface area contributed by atoms with Crippen molar-refractivity contribution in [2.24, 2.45) is 5.73 Å². The third-order valence-corrected chi connectivity index (χ3v) is 3.32. The van der Waals surface area contributed by atoms with Gasteiger partial charge >= 0.3 is 6.18 Å². The van der Waals surface area contributed by atoms with Crippen molar-refractivity contribution in [1.82, 2.24) is 0 Å². The molecule has 2 N–H and O–H groups in total. The third kappa shape index (κ3) is 3.55. The second kappa shape index (κ2) is 5.77. The van der Waals surface area contributed by atoms with Gasteiger partial charge in [0, 0.05) is 6.54 Å². The summed E-state index contributed by atoms with van der Waals surface area (Å²) >= 11 is 0. The van der Waals surface area contributed by atoms with Gasteiger partial charge in [0.2, 0.25) is 0 Å². The highest BCUT2D eigenvalue weighted by atomic mass is 19.4. The largest absolute Gasteiger partial charge is 0.457 e. The molecule has 0 spiro atoms. The van der Waals surface area contributed by atoms with E-state index < -0.39 is 11.7 Å². The first-order chi connectivity index (χ1) is 9.81. The summed E-state index contributed by atoms with van der Waals surface area (Å²) in [4.78, 5) is 0. The second-order valence-electron chi connectivity index (χ2n) is 4.87. The van der Waals surface area contributed by atoms with Crippen molar-refractivity contribution in [2.45, 2.75) is 26.6 Å². The molecule has 0 fully saturated rings. The van der Waals surface area contributed by atoms with E-state index in [0.717, 1.165) is 17.2 Å². The fourth-order valence-corrected chi connectivity index (χ4v) is 1.97. The molecular formula is C16H16F3NO. The maximum absolute atomic E-state index is 13.0. The summed E-state index contributed by atoms with van der Waals surface area (Å²) in [5, 5.41) is 0. The second-order valence-corrected chi connectivity index (χ2v) is 4.87. The molecule has 112 valence electrons. The van der Waals surface area contributed by atoms with Crippen LogP contribution in [-0.2, 0) is 12.7 Å². The quantitative estimate of drug-likeness (QED) is 0.900. The maximum atomic E-state index is 13.0. The van der Waals surface area contributed by atoms with E-state index in [1.54, 1.807) is 12.1 Å². The summed E-state index contributed by atoms with van der Waals surface area (Å²) < 4.78 is 44.4. The lowest BCUT2D eigenvalue weighted by molar-refractivity contribution is -0.138. The normalized spacial score (nSPS) is 11.5. The average molecular weight is 295 g/mol. The van der Waals surface area contributed by atoms with Crippen LogP contribution < -0.4 is 10.5 Å². The Morgan fingerprint density at radius 1 is 0.952 bits per heavy atom. The fourth-order valence-electron chi connectivity index (χ4n) is 1.97. The first kappa shape index (κ1) is 15.4. The van der Waals surface area contributed by atoms with E-state index in [1.807, 2.05) is 19.9 Å². The van der Waals surface area contributed by atoms with Crippen LogP contribution in [0.15, 0.2) is 36.4 Å². The van der Waals surface area contributed by atoms with Gasteiger partial charge in [-0.15, -0.1) is 0 Å². The first-order valence-electron chi connectivity index (χ1n) is 6.46. The van der Waals surface area contributed by atoms with Gasteiger partial charge in [-0.3, -0.25) is 0 Å². The van der Waals surface area contributed by atoms with Crippen LogP contribution in [0.4, 0.5) is 13.2 Å². The predicted molar refractivity (Wildman–Crippen MR) is 75.3 cm³/mol. The van der Waals surface area contributed by atoms with Gasteiger partial charge in [0.05, 0.1) is 5.56 Å². The molecule has 0 aromatic heterocycles. The van der Waals surface area contributed by atoms with Crippen LogP contribution in [0.25, 0.3) is 0 Å². The molecule has 2 aromatic rings. The topological polar surface area (TPSA) is 35.2 Å². The lowest BCUT2D eigenvalue weighted by Crippen LogP contribution is -2.12. The predicted octanol–water partition coefficient (Wildman–Crippen LogP) is 4.57. The van der Waals surface area contributed by atoms with Gasteiger partial charge in [0.25, 0.3) is 0 Å². The van der Waals surface area contributed by atoms with Gasteiger partial charge < -0.3 is 10.5 Å². The minimum absolute atomic E-state index is 0.0509. The monoisotopic (exact) mass is 295 g/mol. The zero-order chi connectivity index (χ0) is 15.6. The van der Waals surface area contributed by atoms with E-state index in [1.165, 1.54) is 12.1 Å². The molecular weight excluding hydrogens is 279 g/mol. The fraction of sp³-hybridized carbons (Fsp3) is 0.250. The van der Waals surface area contributed by atoms with Crippen LogP contribution in [0.2, 0.25) is 0 Å². The van der Waals surface area contributed by atoms with Crippen LogP contribution in [0.5, 0.6) is 11.5 Å².